The molecule has 0 radical (unpaired) electrons. The Balaban J connectivity index is 1.97. The Morgan fingerprint density at radius 2 is 1.97 bits per heavy atom. The summed E-state index contributed by atoms with van der Waals surface area (Å²) in [6.45, 7) is -0.384. The number of methoxy groups -OCH3 is 3. The molecule has 0 spiro atoms. The van der Waals surface area contributed by atoms with Gasteiger partial charge in [0.25, 0.3) is 5.56 Å². The van der Waals surface area contributed by atoms with E-state index >= 15 is 0 Å². The summed E-state index contributed by atoms with van der Waals surface area (Å²) < 4.78 is 30.2. The lowest BCUT2D eigenvalue weighted by Gasteiger charge is -2.24. The van der Waals surface area contributed by atoms with E-state index in [0.717, 1.165) is 5.56 Å². The molecule has 0 unspecified atom stereocenters. The van der Waals surface area contributed by atoms with E-state index < -0.39 is 24.2 Å². The molecule has 0 aliphatic carbocycles. The number of carbonyl (C=O) groups excluding carboxylic acids is 1. The molecule has 2 aromatic rings. The highest BCUT2D eigenvalue weighted by Gasteiger charge is 2.39. The molecular formula is C20H24FN3O5. The number of rotatable bonds is 7. The Morgan fingerprint density at radius 3 is 2.55 bits per heavy atom. The SMILES string of the molecule is COC(=O)[C@@H]1C[C@H](OC)CN1c1cc(CF)c(=O)n(Cc2ccc(OC)cc2)n1. The van der Waals surface area contributed by atoms with Crippen molar-refractivity contribution < 1.29 is 23.4 Å². The van der Waals surface area contributed by atoms with Gasteiger partial charge in [0.1, 0.15) is 18.5 Å². The van der Waals surface area contributed by atoms with Gasteiger partial charge in [-0.3, -0.25) is 4.79 Å². The molecule has 1 aliphatic rings. The Bertz CT molecular complexity index is 915. The summed E-state index contributed by atoms with van der Waals surface area (Å²) in [7, 11) is 4.44. The highest BCUT2D eigenvalue weighted by Crippen LogP contribution is 2.26. The van der Waals surface area contributed by atoms with E-state index in [-0.39, 0.29) is 18.2 Å². The highest BCUT2D eigenvalue weighted by molar-refractivity contribution is 5.80. The molecule has 0 N–H and O–H groups in total. The molecule has 1 aromatic heterocycles. The normalized spacial score (nSPS) is 18.7. The average molecular weight is 405 g/mol. The van der Waals surface area contributed by atoms with Crippen molar-refractivity contribution in [3.63, 3.8) is 0 Å². The van der Waals surface area contributed by atoms with Gasteiger partial charge < -0.3 is 19.1 Å². The van der Waals surface area contributed by atoms with E-state index in [0.29, 0.717) is 24.5 Å². The van der Waals surface area contributed by atoms with Gasteiger partial charge in [0.2, 0.25) is 0 Å². The zero-order valence-electron chi connectivity index (χ0n) is 16.6. The second kappa shape index (κ2) is 9.04. The van der Waals surface area contributed by atoms with Gasteiger partial charge in [-0.05, 0) is 23.8 Å². The molecule has 29 heavy (non-hydrogen) atoms. The van der Waals surface area contributed by atoms with E-state index in [1.165, 1.54) is 17.9 Å². The van der Waals surface area contributed by atoms with E-state index in [1.807, 2.05) is 12.1 Å². The maximum Gasteiger partial charge on any atom is 0.328 e. The number of carbonyl (C=O) groups is 1. The highest BCUT2D eigenvalue weighted by atomic mass is 19.1. The van der Waals surface area contributed by atoms with Crippen molar-refractivity contribution >= 4 is 11.8 Å². The van der Waals surface area contributed by atoms with Crippen LogP contribution < -0.4 is 15.2 Å². The van der Waals surface area contributed by atoms with Gasteiger partial charge in [-0.25, -0.2) is 13.9 Å². The standard InChI is InChI=1S/C20H24FN3O5/c1-27-15-6-4-13(5-7-15)11-24-19(25)14(10-21)8-18(22-24)23-12-16(28-2)9-17(23)20(26)29-3/h4-8,16-17H,9-12H2,1-3H3/t16-,17-/m0/s1. The number of ether oxygens (including phenoxy) is 3. The van der Waals surface area contributed by atoms with Gasteiger partial charge >= 0.3 is 5.97 Å². The van der Waals surface area contributed by atoms with E-state index in [9.17, 15) is 14.0 Å². The predicted molar refractivity (Wildman–Crippen MR) is 104 cm³/mol. The molecule has 2 heterocycles. The topological polar surface area (TPSA) is 82.9 Å². The molecule has 9 heteroatoms. The first-order valence-corrected chi connectivity index (χ1v) is 9.17. The molecule has 156 valence electrons. The molecule has 1 fully saturated rings. The fraction of sp³-hybridized carbons (Fsp3) is 0.450. The first kappa shape index (κ1) is 20.8. The predicted octanol–water partition coefficient (Wildman–Crippen LogP) is 1.54. The fourth-order valence-corrected chi connectivity index (χ4v) is 3.41. The summed E-state index contributed by atoms with van der Waals surface area (Å²) in [5.74, 6) is 0.595. The Kier molecular flexibility index (Phi) is 6.48. The number of alkyl halides is 1. The minimum atomic E-state index is -0.929. The van der Waals surface area contributed by atoms with Crippen LogP contribution in [-0.2, 0) is 27.5 Å². The summed E-state index contributed by atoms with van der Waals surface area (Å²) in [4.78, 5) is 26.5. The van der Waals surface area contributed by atoms with Gasteiger partial charge in [0.15, 0.2) is 5.82 Å². The second-order valence-corrected chi connectivity index (χ2v) is 6.76. The minimum Gasteiger partial charge on any atom is -0.497 e. The van der Waals surface area contributed by atoms with Crippen LogP contribution in [0, 0.1) is 0 Å². The number of esters is 1. The lowest BCUT2D eigenvalue weighted by Crippen LogP contribution is -2.39. The first-order valence-electron chi connectivity index (χ1n) is 9.17. The number of hydrogen-bond donors (Lipinski definition) is 0. The summed E-state index contributed by atoms with van der Waals surface area (Å²) in [6.07, 6.45) is 0.227. The van der Waals surface area contributed by atoms with E-state index in [1.54, 1.807) is 31.3 Å². The zero-order valence-corrected chi connectivity index (χ0v) is 16.6. The van der Waals surface area contributed by atoms with Crippen molar-refractivity contribution in [3.8, 4) is 5.75 Å². The second-order valence-electron chi connectivity index (χ2n) is 6.76. The molecule has 2 atom stereocenters. The van der Waals surface area contributed by atoms with Crippen LogP contribution >= 0.6 is 0 Å². The van der Waals surface area contributed by atoms with Gasteiger partial charge in [-0.1, -0.05) is 12.1 Å². The van der Waals surface area contributed by atoms with Crippen molar-refractivity contribution in [1.29, 1.82) is 0 Å². The first-order chi connectivity index (χ1) is 14.0. The maximum absolute atomic E-state index is 13.5. The fourth-order valence-electron chi connectivity index (χ4n) is 3.41. The molecule has 0 amide bonds. The van der Waals surface area contributed by atoms with Gasteiger partial charge in [-0.15, -0.1) is 0 Å². The van der Waals surface area contributed by atoms with Crippen LogP contribution in [0.5, 0.6) is 5.75 Å². The largest absolute Gasteiger partial charge is 0.497 e. The molecule has 1 aliphatic heterocycles. The van der Waals surface area contributed by atoms with Crippen LogP contribution in [0.1, 0.15) is 17.5 Å². The van der Waals surface area contributed by atoms with Crippen molar-refractivity contribution in [2.24, 2.45) is 0 Å². The summed E-state index contributed by atoms with van der Waals surface area (Å²) >= 11 is 0. The van der Waals surface area contributed by atoms with Crippen molar-refractivity contribution in [2.45, 2.75) is 31.8 Å². The zero-order chi connectivity index (χ0) is 21.0. The summed E-state index contributed by atoms with van der Waals surface area (Å²) in [5.41, 5.74) is 0.278. The molecule has 1 saturated heterocycles. The third kappa shape index (κ3) is 4.40. The molecule has 0 bridgehead atoms. The Morgan fingerprint density at radius 1 is 1.24 bits per heavy atom. The average Bonchev–Trinajstić information content (AvgIpc) is 3.19. The smallest absolute Gasteiger partial charge is 0.328 e. The van der Waals surface area contributed by atoms with Crippen LogP contribution in [0.25, 0.3) is 0 Å². The molecule has 1 aromatic carbocycles. The minimum absolute atomic E-state index is 0.0204. The van der Waals surface area contributed by atoms with E-state index in [4.69, 9.17) is 14.2 Å². The van der Waals surface area contributed by atoms with Crippen LogP contribution in [0.15, 0.2) is 35.1 Å². The lowest BCUT2D eigenvalue weighted by atomic mass is 10.2. The monoisotopic (exact) mass is 405 g/mol. The molecule has 8 nitrogen and oxygen atoms in total. The number of halogens is 1. The molecule has 0 saturated carbocycles. The summed E-state index contributed by atoms with van der Waals surface area (Å²) in [6, 6.07) is 7.94. The Hall–Kier alpha value is -2.94. The number of hydrogen-bond acceptors (Lipinski definition) is 7. The quantitative estimate of drug-likeness (QED) is 0.646. The number of benzene rings is 1. The van der Waals surface area contributed by atoms with Gasteiger partial charge in [0, 0.05) is 20.1 Å². The molecule has 3 rings (SSSR count). The van der Waals surface area contributed by atoms with Crippen LogP contribution in [0.4, 0.5) is 10.2 Å². The third-order valence-electron chi connectivity index (χ3n) is 5.03. The van der Waals surface area contributed by atoms with Crippen molar-refractivity contribution in [2.75, 3.05) is 32.8 Å². The number of aromatic nitrogens is 2. The summed E-state index contributed by atoms with van der Waals surface area (Å²) in [5, 5.41) is 4.41. The van der Waals surface area contributed by atoms with E-state index in [2.05, 4.69) is 5.10 Å². The van der Waals surface area contributed by atoms with Gasteiger partial charge in [-0.2, -0.15) is 5.10 Å². The Labute approximate surface area is 167 Å². The van der Waals surface area contributed by atoms with Crippen molar-refractivity contribution in [1.82, 2.24) is 9.78 Å². The van der Waals surface area contributed by atoms with Crippen molar-refractivity contribution in [3.05, 3.63) is 51.8 Å². The third-order valence-corrected chi connectivity index (χ3v) is 5.03. The lowest BCUT2D eigenvalue weighted by molar-refractivity contribution is -0.142. The van der Waals surface area contributed by atoms with Gasteiger partial charge in [0.05, 0.1) is 32.4 Å². The van der Waals surface area contributed by atoms with Crippen LogP contribution in [-0.4, -0.2) is 55.8 Å². The van der Waals surface area contributed by atoms with Crippen LogP contribution in [0.3, 0.4) is 0 Å². The molecular weight excluding hydrogens is 381 g/mol. The number of anilines is 1. The number of nitrogens with zero attached hydrogens (tertiary/aromatic N) is 3. The maximum atomic E-state index is 13.5. The van der Waals surface area contributed by atoms with Crippen LogP contribution in [0.2, 0.25) is 0 Å².